The number of rotatable bonds is 6. The first-order chi connectivity index (χ1) is 10.3. The van der Waals surface area contributed by atoms with E-state index < -0.39 is 0 Å². The largest absolute Gasteiger partial charge is 0.356 e. The lowest BCUT2D eigenvalue weighted by molar-refractivity contribution is -0.130. The van der Waals surface area contributed by atoms with Crippen LogP contribution in [0.3, 0.4) is 0 Å². The molecule has 0 aromatic rings. The summed E-state index contributed by atoms with van der Waals surface area (Å²) in [6, 6.07) is 0. The quantitative estimate of drug-likeness (QED) is 0.766. The Balaban J connectivity index is 1.55. The van der Waals surface area contributed by atoms with Crippen LogP contribution in [-0.2, 0) is 9.59 Å². The van der Waals surface area contributed by atoms with Crippen LogP contribution in [0, 0.1) is 5.92 Å². The molecular weight excluding hydrogens is 264 g/mol. The summed E-state index contributed by atoms with van der Waals surface area (Å²) in [4.78, 5) is 25.7. The zero-order valence-electron chi connectivity index (χ0n) is 13.2. The van der Waals surface area contributed by atoms with Crippen molar-refractivity contribution in [3.63, 3.8) is 0 Å². The number of likely N-dealkylation sites (tertiary alicyclic amines) is 1. The number of hydrogen-bond acceptors (Lipinski definition) is 2. The molecule has 2 amide bonds. The van der Waals surface area contributed by atoms with E-state index in [0.717, 1.165) is 32.4 Å². The van der Waals surface area contributed by atoms with Crippen LogP contribution in [-0.4, -0.2) is 36.3 Å². The Kier molecular flexibility index (Phi) is 7.04. The lowest BCUT2D eigenvalue weighted by Crippen LogP contribution is -2.34. The Morgan fingerprint density at radius 1 is 1.10 bits per heavy atom. The summed E-state index contributed by atoms with van der Waals surface area (Å²) in [5, 5.41) is 3.02. The van der Waals surface area contributed by atoms with Gasteiger partial charge in [0.1, 0.15) is 0 Å². The number of hydrogen-bond donors (Lipinski definition) is 1. The van der Waals surface area contributed by atoms with Gasteiger partial charge in [-0.25, -0.2) is 0 Å². The van der Waals surface area contributed by atoms with Gasteiger partial charge in [0.25, 0.3) is 0 Å². The highest BCUT2D eigenvalue weighted by molar-refractivity contribution is 5.76. The maximum Gasteiger partial charge on any atom is 0.222 e. The van der Waals surface area contributed by atoms with Gasteiger partial charge in [-0.15, -0.1) is 0 Å². The first kappa shape index (κ1) is 16.3. The fourth-order valence-electron chi connectivity index (χ4n) is 3.50. The van der Waals surface area contributed by atoms with E-state index in [0.29, 0.717) is 31.2 Å². The summed E-state index contributed by atoms with van der Waals surface area (Å²) < 4.78 is 0. The molecule has 0 aromatic heterocycles. The van der Waals surface area contributed by atoms with Crippen molar-refractivity contribution in [1.29, 1.82) is 0 Å². The summed E-state index contributed by atoms with van der Waals surface area (Å²) in [5.74, 6) is 1.09. The molecule has 120 valence electrons. The van der Waals surface area contributed by atoms with Crippen LogP contribution >= 0.6 is 0 Å². The standard InChI is InChI=1S/C17H30N2O2/c20-16(14-15-8-3-1-4-9-15)18-11-7-13-19-12-6-2-5-10-17(19)21/h15H,1-14H2,(H,18,20). The molecule has 2 fully saturated rings. The van der Waals surface area contributed by atoms with Crippen molar-refractivity contribution in [2.75, 3.05) is 19.6 Å². The molecular formula is C17H30N2O2. The molecule has 1 heterocycles. The Morgan fingerprint density at radius 3 is 2.67 bits per heavy atom. The molecule has 0 unspecified atom stereocenters. The van der Waals surface area contributed by atoms with Crippen LogP contribution in [0.2, 0.25) is 0 Å². The third-order valence-corrected chi connectivity index (χ3v) is 4.80. The molecule has 1 aliphatic heterocycles. The molecule has 1 aliphatic carbocycles. The van der Waals surface area contributed by atoms with Gasteiger partial charge in [-0.2, -0.15) is 0 Å². The lowest BCUT2D eigenvalue weighted by atomic mass is 9.87. The minimum atomic E-state index is 0.198. The third kappa shape index (κ3) is 6.06. The predicted molar refractivity (Wildman–Crippen MR) is 83.9 cm³/mol. The monoisotopic (exact) mass is 294 g/mol. The van der Waals surface area contributed by atoms with Gasteiger partial charge in [-0.1, -0.05) is 25.7 Å². The second-order valence-electron chi connectivity index (χ2n) is 6.60. The second kappa shape index (κ2) is 9.06. The molecule has 2 rings (SSSR count). The molecule has 0 radical (unpaired) electrons. The summed E-state index contributed by atoms with van der Waals surface area (Å²) >= 11 is 0. The molecule has 0 aromatic carbocycles. The maximum atomic E-state index is 11.9. The van der Waals surface area contributed by atoms with Crippen LogP contribution < -0.4 is 5.32 Å². The average Bonchev–Trinajstić information content (AvgIpc) is 2.69. The summed E-state index contributed by atoms with van der Waals surface area (Å²) in [7, 11) is 0. The number of carbonyl (C=O) groups excluding carboxylic acids is 2. The van der Waals surface area contributed by atoms with Crippen molar-refractivity contribution >= 4 is 11.8 Å². The van der Waals surface area contributed by atoms with Gasteiger partial charge in [0.15, 0.2) is 0 Å². The van der Waals surface area contributed by atoms with Crippen LogP contribution in [0.15, 0.2) is 0 Å². The summed E-state index contributed by atoms with van der Waals surface area (Å²) in [6.07, 6.45) is 11.9. The van der Waals surface area contributed by atoms with E-state index in [1.807, 2.05) is 4.90 Å². The molecule has 4 heteroatoms. The highest BCUT2D eigenvalue weighted by atomic mass is 16.2. The van der Waals surface area contributed by atoms with Crippen molar-refractivity contribution in [3.05, 3.63) is 0 Å². The smallest absolute Gasteiger partial charge is 0.222 e. The Hall–Kier alpha value is -1.06. The van der Waals surface area contributed by atoms with Crippen LogP contribution in [0.25, 0.3) is 0 Å². The molecule has 1 saturated heterocycles. The Morgan fingerprint density at radius 2 is 1.86 bits per heavy atom. The first-order valence-electron chi connectivity index (χ1n) is 8.80. The fourth-order valence-corrected chi connectivity index (χ4v) is 3.50. The van der Waals surface area contributed by atoms with Crippen molar-refractivity contribution in [2.45, 2.75) is 70.6 Å². The van der Waals surface area contributed by atoms with Gasteiger partial charge in [-0.3, -0.25) is 9.59 Å². The maximum absolute atomic E-state index is 11.9. The SMILES string of the molecule is O=C(CC1CCCCC1)NCCCN1CCCCCC1=O. The Labute approximate surface area is 128 Å². The third-order valence-electron chi connectivity index (χ3n) is 4.80. The van der Waals surface area contributed by atoms with Crippen LogP contribution in [0.5, 0.6) is 0 Å². The van der Waals surface area contributed by atoms with Gasteiger partial charge >= 0.3 is 0 Å². The van der Waals surface area contributed by atoms with E-state index >= 15 is 0 Å². The molecule has 2 aliphatic rings. The fraction of sp³-hybridized carbons (Fsp3) is 0.882. The highest BCUT2D eigenvalue weighted by Crippen LogP contribution is 2.25. The zero-order valence-corrected chi connectivity index (χ0v) is 13.2. The first-order valence-corrected chi connectivity index (χ1v) is 8.80. The molecule has 0 bridgehead atoms. The molecule has 21 heavy (non-hydrogen) atoms. The van der Waals surface area contributed by atoms with Gasteiger partial charge in [0.05, 0.1) is 0 Å². The normalized spacial score (nSPS) is 21.1. The molecule has 0 spiro atoms. The van der Waals surface area contributed by atoms with Crippen molar-refractivity contribution in [3.8, 4) is 0 Å². The average molecular weight is 294 g/mol. The van der Waals surface area contributed by atoms with Gasteiger partial charge in [-0.05, 0) is 38.0 Å². The van der Waals surface area contributed by atoms with Crippen molar-refractivity contribution in [1.82, 2.24) is 10.2 Å². The van der Waals surface area contributed by atoms with Crippen LogP contribution in [0.1, 0.15) is 70.6 Å². The Bertz CT molecular complexity index is 338. The predicted octanol–water partition coefficient (Wildman–Crippen LogP) is 2.87. The minimum Gasteiger partial charge on any atom is -0.356 e. The van der Waals surface area contributed by atoms with E-state index in [9.17, 15) is 9.59 Å². The van der Waals surface area contributed by atoms with Crippen molar-refractivity contribution < 1.29 is 9.59 Å². The number of amides is 2. The number of nitrogens with zero attached hydrogens (tertiary/aromatic N) is 1. The van der Waals surface area contributed by atoms with E-state index in [4.69, 9.17) is 0 Å². The molecule has 4 nitrogen and oxygen atoms in total. The lowest BCUT2D eigenvalue weighted by Gasteiger charge is -2.22. The van der Waals surface area contributed by atoms with Crippen LogP contribution in [0.4, 0.5) is 0 Å². The van der Waals surface area contributed by atoms with Crippen molar-refractivity contribution in [2.24, 2.45) is 5.92 Å². The van der Waals surface area contributed by atoms with E-state index in [1.165, 1.54) is 38.5 Å². The molecule has 1 saturated carbocycles. The van der Waals surface area contributed by atoms with Gasteiger partial charge in [0, 0.05) is 32.5 Å². The summed E-state index contributed by atoms with van der Waals surface area (Å²) in [5.41, 5.74) is 0. The molecule has 1 N–H and O–H groups in total. The van der Waals surface area contributed by atoms with Gasteiger partial charge in [0.2, 0.25) is 11.8 Å². The zero-order chi connectivity index (χ0) is 14.9. The highest BCUT2D eigenvalue weighted by Gasteiger charge is 2.18. The number of carbonyl (C=O) groups is 2. The van der Waals surface area contributed by atoms with E-state index in [-0.39, 0.29) is 5.91 Å². The van der Waals surface area contributed by atoms with E-state index in [1.54, 1.807) is 0 Å². The summed E-state index contributed by atoms with van der Waals surface area (Å²) in [6.45, 7) is 2.40. The molecule has 0 atom stereocenters. The topological polar surface area (TPSA) is 49.4 Å². The number of nitrogens with one attached hydrogen (secondary N) is 1. The second-order valence-corrected chi connectivity index (χ2v) is 6.60. The van der Waals surface area contributed by atoms with E-state index in [2.05, 4.69) is 5.32 Å². The minimum absolute atomic E-state index is 0.198. The van der Waals surface area contributed by atoms with Gasteiger partial charge < -0.3 is 10.2 Å².